The summed E-state index contributed by atoms with van der Waals surface area (Å²) in [6.07, 6.45) is 0. The van der Waals surface area contributed by atoms with Gasteiger partial charge in [0.1, 0.15) is 9.87 Å². The maximum atomic E-state index is 5.55. The van der Waals surface area contributed by atoms with Crippen LogP contribution in [-0.2, 0) is 0 Å². The van der Waals surface area contributed by atoms with Crippen LogP contribution >= 0.6 is 81.2 Å². The Hall–Kier alpha value is 1.77. The summed E-state index contributed by atoms with van der Waals surface area (Å²) in [5.74, 6) is 0. The van der Waals surface area contributed by atoms with Gasteiger partial charge in [0.05, 0.1) is 5.03 Å². The molecule has 0 aliphatic heterocycles. The van der Waals surface area contributed by atoms with Crippen LogP contribution in [0.3, 0.4) is 0 Å². The van der Waals surface area contributed by atoms with Gasteiger partial charge in [-0.1, -0.05) is 69.6 Å². The molecule has 0 spiro atoms. The Balaban J connectivity index is 4.52. The first kappa shape index (κ1) is 12.8. The Morgan fingerprint density at radius 2 is 1.36 bits per heavy atom. The molecule has 0 bridgehead atoms. The molecule has 1 atom stereocenters. The molecule has 0 aromatic carbocycles. The lowest BCUT2D eigenvalue weighted by atomic mass is 10.4. The van der Waals surface area contributed by atoms with E-state index in [1.165, 1.54) is 0 Å². The van der Waals surface area contributed by atoms with Crippen LogP contribution in [0.25, 0.3) is 0 Å². The lowest BCUT2D eigenvalue weighted by Crippen LogP contribution is -2.19. The van der Waals surface area contributed by atoms with E-state index in [2.05, 4.69) is 0 Å². The Morgan fingerprint density at radius 3 is 1.45 bits per heavy atom. The molecule has 0 rings (SSSR count). The predicted octanol–water partition coefficient (Wildman–Crippen LogP) is 4.85. The van der Waals surface area contributed by atoms with E-state index in [1.54, 1.807) is 0 Å². The van der Waals surface area contributed by atoms with Crippen molar-refractivity contribution < 1.29 is 0 Å². The molecule has 0 nitrogen and oxygen atoms in total. The molecule has 66 valence electrons. The molecule has 1 unspecified atom stereocenters. The molecular weight excluding hydrogens is 296 g/mol. The third-order valence-corrected chi connectivity index (χ3v) is 3.35. The summed E-state index contributed by atoms with van der Waals surface area (Å²) in [6.45, 7) is 0. The Morgan fingerprint density at radius 1 is 1.00 bits per heavy atom. The standard InChI is InChI=1S/C4HCl7/c5-1(3(7)8)2(6)4(9,10)11/h2H. The molecule has 0 aromatic heterocycles. The lowest BCUT2D eigenvalue weighted by Gasteiger charge is -2.16. The van der Waals surface area contributed by atoms with E-state index in [0.29, 0.717) is 0 Å². The second kappa shape index (κ2) is 4.85. The fourth-order valence-corrected chi connectivity index (χ4v) is 1.34. The number of hydrogen-bond acceptors (Lipinski definition) is 0. The van der Waals surface area contributed by atoms with Gasteiger partial charge < -0.3 is 0 Å². The topological polar surface area (TPSA) is 0 Å². The zero-order chi connectivity index (χ0) is 9.23. The largest absolute Gasteiger partial charge is 0.211 e. The minimum Gasteiger partial charge on any atom is -0.112 e. The van der Waals surface area contributed by atoms with Crippen molar-refractivity contribution in [3.63, 3.8) is 0 Å². The first-order chi connectivity index (χ1) is 4.76. The highest BCUT2D eigenvalue weighted by atomic mass is 35.6. The summed E-state index contributed by atoms with van der Waals surface area (Å²) in [4.78, 5) is 0. The quantitative estimate of drug-likeness (QED) is 0.607. The number of hydrogen-bond donors (Lipinski definition) is 0. The van der Waals surface area contributed by atoms with Gasteiger partial charge in [-0.05, 0) is 0 Å². The highest BCUT2D eigenvalue weighted by Gasteiger charge is 2.34. The maximum absolute atomic E-state index is 5.55. The first-order valence-corrected chi connectivity index (χ1v) is 4.88. The third-order valence-electron chi connectivity index (χ3n) is 0.690. The Labute approximate surface area is 99.3 Å². The number of allylic oxidation sites excluding steroid dienone is 1. The van der Waals surface area contributed by atoms with Crippen molar-refractivity contribution in [3.8, 4) is 0 Å². The Kier molecular flexibility index (Phi) is 5.64. The minimum absolute atomic E-state index is 0.0880. The number of halogens is 7. The van der Waals surface area contributed by atoms with Crippen molar-refractivity contribution in [3.05, 3.63) is 9.52 Å². The molecule has 0 fully saturated rings. The van der Waals surface area contributed by atoms with Gasteiger partial charge in [0, 0.05) is 0 Å². The van der Waals surface area contributed by atoms with Crippen LogP contribution in [0.1, 0.15) is 0 Å². The first-order valence-electron chi connectivity index (χ1n) is 2.18. The van der Waals surface area contributed by atoms with Gasteiger partial charge in [-0.3, -0.25) is 0 Å². The predicted molar refractivity (Wildman–Crippen MR) is 54.5 cm³/mol. The highest BCUT2D eigenvalue weighted by Crippen LogP contribution is 2.40. The van der Waals surface area contributed by atoms with Crippen molar-refractivity contribution in [2.24, 2.45) is 0 Å². The summed E-state index contributed by atoms with van der Waals surface area (Å²) in [5, 5.41) is -1.13. The molecule has 0 saturated carbocycles. The summed E-state index contributed by atoms with van der Waals surface area (Å²) >= 11 is 37.7. The monoisotopic (exact) mass is 294 g/mol. The van der Waals surface area contributed by atoms with Gasteiger partial charge >= 0.3 is 0 Å². The van der Waals surface area contributed by atoms with Crippen molar-refractivity contribution in [2.75, 3.05) is 0 Å². The number of alkyl halides is 4. The SMILES string of the molecule is ClC(Cl)=C(Cl)C(Cl)C(Cl)(Cl)Cl. The van der Waals surface area contributed by atoms with E-state index in [-0.39, 0.29) is 9.52 Å². The van der Waals surface area contributed by atoms with Gasteiger partial charge in [-0.2, -0.15) is 0 Å². The average Bonchev–Trinajstić information content (AvgIpc) is 1.82. The van der Waals surface area contributed by atoms with Gasteiger partial charge in [-0.15, -0.1) is 11.6 Å². The van der Waals surface area contributed by atoms with Gasteiger partial charge in [0.15, 0.2) is 0 Å². The fraction of sp³-hybridized carbons (Fsp3) is 0.500. The van der Waals surface area contributed by atoms with Crippen molar-refractivity contribution >= 4 is 81.2 Å². The highest BCUT2D eigenvalue weighted by molar-refractivity contribution is 6.71. The van der Waals surface area contributed by atoms with Crippen LogP contribution in [-0.4, -0.2) is 9.17 Å². The molecule has 0 radical (unpaired) electrons. The third kappa shape index (κ3) is 4.52. The van der Waals surface area contributed by atoms with E-state index in [4.69, 9.17) is 81.2 Å². The summed E-state index contributed by atoms with van der Waals surface area (Å²) in [7, 11) is 0. The second-order valence-electron chi connectivity index (χ2n) is 1.51. The normalized spacial score (nSPS) is 14.5. The van der Waals surface area contributed by atoms with Crippen LogP contribution in [0.4, 0.5) is 0 Å². The second-order valence-corrected chi connectivity index (χ2v) is 5.67. The smallest absolute Gasteiger partial charge is 0.112 e. The summed E-state index contributed by atoms with van der Waals surface area (Å²) < 4.78 is -1.92. The number of rotatable bonds is 1. The van der Waals surface area contributed by atoms with Gasteiger partial charge in [-0.25, -0.2) is 0 Å². The van der Waals surface area contributed by atoms with Crippen molar-refractivity contribution in [2.45, 2.75) is 9.17 Å². The fourth-order valence-electron chi connectivity index (χ4n) is 0.239. The molecule has 11 heavy (non-hydrogen) atoms. The maximum Gasteiger partial charge on any atom is 0.211 e. The van der Waals surface area contributed by atoms with Gasteiger partial charge in [0.2, 0.25) is 3.79 Å². The molecule has 0 aromatic rings. The lowest BCUT2D eigenvalue weighted by molar-refractivity contribution is 1.06. The molecule has 7 heteroatoms. The van der Waals surface area contributed by atoms with E-state index in [0.717, 1.165) is 0 Å². The van der Waals surface area contributed by atoms with Gasteiger partial charge in [0.25, 0.3) is 0 Å². The van der Waals surface area contributed by atoms with Crippen LogP contribution in [0.15, 0.2) is 9.52 Å². The molecule has 0 heterocycles. The van der Waals surface area contributed by atoms with Crippen LogP contribution < -0.4 is 0 Å². The molecule has 0 amide bonds. The van der Waals surface area contributed by atoms with E-state index >= 15 is 0 Å². The van der Waals surface area contributed by atoms with Crippen molar-refractivity contribution in [1.82, 2.24) is 0 Å². The van der Waals surface area contributed by atoms with Crippen molar-refractivity contribution in [1.29, 1.82) is 0 Å². The molecule has 0 N–H and O–H groups in total. The zero-order valence-corrected chi connectivity index (χ0v) is 10.0. The van der Waals surface area contributed by atoms with Crippen LogP contribution in [0, 0.1) is 0 Å². The minimum atomic E-state index is -1.71. The van der Waals surface area contributed by atoms with Crippen LogP contribution in [0.5, 0.6) is 0 Å². The Bertz CT molecular complexity index is 162. The van der Waals surface area contributed by atoms with Crippen LogP contribution in [0.2, 0.25) is 0 Å². The van der Waals surface area contributed by atoms with E-state index in [1.807, 2.05) is 0 Å². The zero-order valence-electron chi connectivity index (χ0n) is 4.72. The molecular formula is C4HCl7. The molecule has 0 aliphatic carbocycles. The van der Waals surface area contributed by atoms with E-state index < -0.39 is 9.17 Å². The summed E-state index contributed by atoms with van der Waals surface area (Å²) in [6, 6.07) is 0. The molecule has 0 aliphatic rings. The average molecular weight is 297 g/mol. The summed E-state index contributed by atoms with van der Waals surface area (Å²) in [5.41, 5.74) is 0. The molecule has 0 saturated heterocycles. The van der Waals surface area contributed by atoms with E-state index in [9.17, 15) is 0 Å².